The highest BCUT2D eigenvalue weighted by molar-refractivity contribution is 5.94. The SMILES string of the molecule is COC(=O)c1c(COc2cccc3cccnc23)cccc1OC. The van der Waals surface area contributed by atoms with Gasteiger partial charge in [-0.1, -0.05) is 30.3 Å². The van der Waals surface area contributed by atoms with E-state index < -0.39 is 5.97 Å². The van der Waals surface area contributed by atoms with Crippen LogP contribution in [0.25, 0.3) is 10.9 Å². The molecule has 0 atom stereocenters. The maximum Gasteiger partial charge on any atom is 0.342 e. The number of benzene rings is 2. The normalized spacial score (nSPS) is 10.4. The molecule has 5 nitrogen and oxygen atoms in total. The van der Waals surface area contributed by atoms with Gasteiger partial charge >= 0.3 is 5.97 Å². The number of esters is 1. The molecule has 0 amide bonds. The van der Waals surface area contributed by atoms with Crippen molar-refractivity contribution in [3.8, 4) is 11.5 Å². The number of rotatable bonds is 5. The monoisotopic (exact) mass is 323 g/mol. The molecule has 3 aromatic rings. The molecule has 1 heterocycles. The Kier molecular flexibility index (Phi) is 4.61. The molecule has 2 aromatic carbocycles. The Balaban J connectivity index is 1.93. The van der Waals surface area contributed by atoms with Crippen molar-refractivity contribution in [1.82, 2.24) is 4.98 Å². The van der Waals surface area contributed by atoms with Gasteiger partial charge in [0.25, 0.3) is 0 Å². The first-order valence-corrected chi connectivity index (χ1v) is 7.45. The number of methoxy groups -OCH3 is 2. The predicted molar refractivity (Wildman–Crippen MR) is 90.4 cm³/mol. The molecule has 0 spiro atoms. The second kappa shape index (κ2) is 7.00. The summed E-state index contributed by atoms with van der Waals surface area (Å²) in [5.41, 5.74) is 1.84. The van der Waals surface area contributed by atoms with E-state index >= 15 is 0 Å². The van der Waals surface area contributed by atoms with E-state index in [2.05, 4.69) is 4.98 Å². The predicted octanol–water partition coefficient (Wildman–Crippen LogP) is 3.61. The Hall–Kier alpha value is -3.08. The number of carbonyl (C=O) groups is 1. The molecule has 0 aliphatic rings. The molecule has 0 unspecified atom stereocenters. The van der Waals surface area contributed by atoms with E-state index in [1.807, 2.05) is 42.5 Å². The molecule has 0 saturated heterocycles. The zero-order valence-electron chi connectivity index (χ0n) is 13.5. The third-order valence-electron chi connectivity index (χ3n) is 3.70. The van der Waals surface area contributed by atoms with Gasteiger partial charge in [-0.2, -0.15) is 0 Å². The van der Waals surface area contributed by atoms with Crippen LogP contribution in [0.4, 0.5) is 0 Å². The Bertz CT molecular complexity index is 871. The van der Waals surface area contributed by atoms with Gasteiger partial charge in [0.15, 0.2) is 0 Å². The van der Waals surface area contributed by atoms with Gasteiger partial charge in [0.05, 0.1) is 14.2 Å². The van der Waals surface area contributed by atoms with Crippen molar-refractivity contribution < 1.29 is 19.0 Å². The molecular formula is C19H17NO4. The molecule has 0 N–H and O–H groups in total. The average molecular weight is 323 g/mol. The molecule has 5 heteroatoms. The molecule has 0 saturated carbocycles. The van der Waals surface area contributed by atoms with E-state index in [1.54, 1.807) is 12.3 Å². The van der Waals surface area contributed by atoms with Crippen LogP contribution in [-0.4, -0.2) is 25.2 Å². The maximum atomic E-state index is 12.1. The molecule has 0 aliphatic heterocycles. The molecule has 0 radical (unpaired) electrons. The number of aromatic nitrogens is 1. The number of hydrogen-bond acceptors (Lipinski definition) is 5. The van der Waals surface area contributed by atoms with Gasteiger partial charge in [-0.05, 0) is 18.2 Å². The smallest absolute Gasteiger partial charge is 0.342 e. The highest BCUT2D eigenvalue weighted by Gasteiger charge is 2.18. The average Bonchev–Trinajstić information content (AvgIpc) is 2.65. The van der Waals surface area contributed by atoms with Gasteiger partial charge in [0.1, 0.15) is 29.2 Å². The van der Waals surface area contributed by atoms with Crippen LogP contribution in [0.5, 0.6) is 11.5 Å². The van der Waals surface area contributed by atoms with Crippen molar-refractivity contribution in [1.29, 1.82) is 0 Å². The third kappa shape index (κ3) is 3.01. The Morgan fingerprint density at radius 1 is 1.00 bits per heavy atom. The molecule has 122 valence electrons. The van der Waals surface area contributed by atoms with Gasteiger partial charge in [-0.15, -0.1) is 0 Å². The lowest BCUT2D eigenvalue weighted by molar-refractivity contribution is 0.0594. The van der Waals surface area contributed by atoms with Crippen molar-refractivity contribution in [2.24, 2.45) is 0 Å². The largest absolute Gasteiger partial charge is 0.496 e. The van der Waals surface area contributed by atoms with Gasteiger partial charge in [0, 0.05) is 17.1 Å². The van der Waals surface area contributed by atoms with Crippen molar-refractivity contribution >= 4 is 16.9 Å². The van der Waals surface area contributed by atoms with Crippen LogP contribution in [0.2, 0.25) is 0 Å². The molecule has 0 bridgehead atoms. The number of ether oxygens (including phenoxy) is 3. The summed E-state index contributed by atoms with van der Waals surface area (Å²) in [6.45, 7) is 0.206. The standard InChI is InChI=1S/C19H17NO4/c1-22-15-9-4-7-14(17(15)19(21)23-2)12-24-16-10-3-6-13-8-5-11-20-18(13)16/h3-11H,12H2,1-2H3. The number of nitrogens with zero attached hydrogens (tertiary/aromatic N) is 1. The second-order valence-corrected chi connectivity index (χ2v) is 5.11. The van der Waals surface area contributed by atoms with E-state index in [0.717, 1.165) is 10.9 Å². The van der Waals surface area contributed by atoms with Crippen LogP contribution < -0.4 is 9.47 Å². The summed E-state index contributed by atoms with van der Waals surface area (Å²) in [6.07, 6.45) is 1.72. The third-order valence-corrected chi connectivity index (χ3v) is 3.70. The lowest BCUT2D eigenvalue weighted by Gasteiger charge is -2.13. The number of carbonyl (C=O) groups excluding carboxylic acids is 1. The fourth-order valence-electron chi connectivity index (χ4n) is 2.55. The Morgan fingerprint density at radius 3 is 2.54 bits per heavy atom. The highest BCUT2D eigenvalue weighted by atomic mass is 16.5. The quantitative estimate of drug-likeness (QED) is 0.671. The van der Waals surface area contributed by atoms with Crippen LogP contribution >= 0.6 is 0 Å². The first-order valence-electron chi connectivity index (χ1n) is 7.45. The Morgan fingerprint density at radius 2 is 1.75 bits per heavy atom. The van der Waals surface area contributed by atoms with Crippen molar-refractivity contribution in [3.05, 3.63) is 65.9 Å². The molecule has 0 fully saturated rings. The van der Waals surface area contributed by atoms with Crippen LogP contribution in [0.15, 0.2) is 54.7 Å². The topological polar surface area (TPSA) is 57.7 Å². The van der Waals surface area contributed by atoms with Crippen molar-refractivity contribution in [2.75, 3.05) is 14.2 Å². The summed E-state index contributed by atoms with van der Waals surface area (Å²) < 4.78 is 16.0. The molecule has 1 aromatic heterocycles. The van der Waals surface area contributed by atoms with Crippen LogP contribution in [0.1, 0.15) is 15.9 Å². The summed E-state index contributed by atoms with van der Waals surface area (Å²) >= 11 is 0. The van der Waals surface area contributed by atoms with Crippen LogP contribution in [0, 0.1) is 0 Å². The molecule has 24 heavy (non-hydrogen) atoms. The van der Waals surface area contributed by atoms with Gasteiger partial charge < -0.3 is 14.2 Å². The van der Waals surface area contributed by atoms with Crippen LogP contribution in [-0.2, 0) is 11.3 Å². The first kappa shape index (κ1) is 15.8. The van der Waals surface area contributed by atoms with Crippen molar-refractivity contribution in [2.45, 2.75) is 6.61 Å². The van der Waals surface area contributed by atoms with E-state index in [9.17, 15) is 4.79 Å². The zero-order valence-corrected chi connectivity index (χ0v) is 13.5. The minimum atomic E-state index is -0.456. The highest BCUT2D eigenvalue weighted by Crippen LogP contribution is 2.27. The fraction of sp³-hybridized carbons (Fsp3) is 0.158. The number of fused-ring (bicyclic) bond motifs is 1. The minimum absolute atomic E-state index is 0.206. The number of para-hydroxylation sites is 1. The summed E-state index contributed by atoms with van der Waals surface area (Å²) in [4.78, 5) is 16.4. The van der Waals surface area contributed by atoms with E-state index in [1.165, 1.54) is 14.2 Å². The summed E-state index contributed by atoms with van der Waals surface area (Å²) in [7, 11) is 2.86. The summed E-state index contributed by atoms with van der Waals surface area (Å²) in [5, 5.41) is 0.994. The minimum Gasteiger partial charge on any atom is -0.496 e. The Labute approximate surface area is 139 Å². The second-order valence-electron chi connectivity index (χ2n) is 5.11. The first-order chi connectivity index (χ1) is 11.7. The van der Waals surface area contributed by atoms with Gasteiger partial charge in [-0.3, -0.25) is 4.98 Å². The van der Waals surface area contributed by atoms with E-state index in [0.29, 0.717) is 22.6 Å². The molecular weight excluding hydrogens is 306 g/mol. The molecule has 3 rings (SSSR count). The van der Waals surface area contributed by atoms with Gasteiger partial charge in [-0.25, -0.2) is 4.79 Å². The number of pyridine rings is 1. The molecule has 0 aliphatic carbocycles. The number of hydrogen-bond donors (Lipinski definition) is 0. The zero-order chi connectivity index (χ0) is 16.9. The lowest BCUT2D eigenvalue weighted by Crippen LogP contribution is -2.10. The van der Waals surface area contributed by atoms with E-state index in [-0.39, 0.29) is 6.61 Å². The van der Waals surface area contributed by atoms with Crippen LogP contribution in [0.3, 0.4) is 0 Å². The lowest BCUT2D eigenvalue weighted by atomic mass is 10.1. The van der Waals surface area contributed by atoms with Crippen molar-refractivity contribution in [3.63, 3.8) is 0 Å². The summed E-state index contributed by atoms with van der Waals surface area (Å²) in [5.74, 6) is 0.660. The van der Waals surface area contributed by atoms with Gasteiger partial charge in [0.2, 0.25) is 0 Å². The van der Waals surface area contributed by atoms with E-state index in [4.69, 9.17) is 14.2 Å². The summed E-state index contributed by atoms with van der Waals surface area (Å²) in [6, 6.07) is 14.9. The fourth-order valence-corrected chi connectivity index (χ4v) is 2.55. The maximum absolute atomic E-state index is 12.1.